The molecule has 1 aliphatic heterocycles. The fraction of sp³-hybridized carbons (Fsp3) is 0.429. The molecule has 19 heavy (non-hydrogen) atoms. The van der Waals surface area contributed by atoms with Gasteiger partial charge in [-0.1, -0.05) is 15.9 Å². The molecule has 0 bridgehead atoms. The van der Waals surface area contributed by atoms with Gasteiger partial charge in [0.25, 0.3) is 0 Å². The SMILES string of the molecule is Cc1cc(Br)ccc1N1CC(C(=O)N(C)C)CC1=O. The molecule has 102 valence electrons. The molecule has 1 unspecified atom stereocenters. The van der Waals surface area contributed by atoms with Gasteiger partial charge in [-0.25, -0.2) is 0 Å². The number of benzene rings is 1. The van der Waals surface area contributed by atoms with E-state index in [0.717, 1.165) is 15.7 Å². The third-order valence-corrected chi connectivity index (χ3v) is 3.86. The molecule has 0 aliphatic carbocycles. The lowest BCUT2D eigenvalue weighted by molar-refractivity contribution is -0.133. The summed E-state index contributed by atoms with van der Waals surface area (Å²) < 4.78 is 0.987. The average Bonchev–Trinajstić information content (AvgIpc) is 2.70. The topological polar surface area (TPSA) is 40.6 Å². The second-order valence-electron chi connectivity index (χ2n) is 5.07. The monoisotopic (exact) mass is 324 g/mol. The number of hydrogen-bond donors (Lipinski definition) is 0. The number of rotatable bonds is 2. The maximum Gasteiger partial charge on any atom is 0.227 e. The molecule has 1 fully saturated rings. The fourth-order valence-corrected chi connectivity index (χ4v) is 2.87. The predicted octanol–water partition coefficient (Wildman–Crippen LogP) is 2.20. The predicted molar refractivity (Wildman–Crippen MR) is 78.0 cm³/mol. The molecule has 0 N–H and O–H groups in total. The minimum atomic E-state index is -0.231. The van der Waals surface area contributed by atoms with Crippen molar-refractivity contribution in [1.82, 2.24) is 4.90 Å². The van der Waals surface area contributed by atoms with Crippen molar-refractivity contribution in [3.63, 3.8) is 0 Å². The van der Waals surface area contributed by atoms with Crippen molar-refractivity contribution in [1.29, 1.82) is 0 Å². The molecule has 0 radical (unpaired) electrons. The second kappa shape index (κ2) is 5.33. The van der Waals surface area contributed by atoms with Gasteiger partial charge in [0.15, 0.2) is 0 Å². The smallest absolute Gasteiger partial charge is 0.227 e. The summed E-state index contributed by atoms with van der Waals surface area (Å²) in [6.07, 6.45) is 0.298. The molecule has 4 nitrogen and oxygen atoms in total. The van der Waals surface area contributed by atoms with Crippen LogP contribution in [0.1, 0.15) is 12.0 Å². The van der Waals surface area contributed by atoms with Crippen molar-refractivity contribution in [2.45, 2.75) is 13.3 Å². The van der Waals surface area contributed by atoms with Crippen molar-refractivity contribution in [3.8, 4) is 0 Å². The van der Waals surface area contributed by atoms with Crippen LogP contribution >= 0.6 is 15.9 Å². The molecule has 1 atom stereocenters. The number of carbonyl (C=O) groups excluding carboxylic acids is 2. The quantitative estimate of drug-likeness (QED) is 0.836. The summed E-state index contributed by atoms with van der Waals surface area (Å²) in [7, 11) is 3.45. The van der Waals surface area contributed by atoms with E-state index in [-0.39, 0.29) is 17.7 Å². The van der Waals surface area contributed by atoms with Crippen molar-refractivity contribution >= 4 is 33.4 Å². The summed E-state index contributed by atoms with van der Waals surface area (Å²) in [5, 5.41) is 0. The Morgan fingerprint density at radius 3 is 2.68 bits per heavy atom. The van der Waals surface area contributed by atoms with Gasteiger partial charge < -0.3 is 9.80 Å². The van der Waals surface area contributed by atoms with Gasteiger partial charge in [0.05, 0.1) is 5.92 Å². The van der Waals surface area contributed by atoms with Gasteiger partial charge in [0.2, 0.25) is 11.8 Å². The second-order valence-corrected chi connectivity index (χ2v) is 5.98. The Balaban J connectivity index is 2.23. The van der Waals surface area contributed by atoms with Crippen LogP contribution < -0.4 is 4.90 Å². The Bertz CT molecular complexity index is 528. The number of hydrogen-bond acceptors (Lipinski definition) is 2. The molecular formula is C14H17BrN2O2. The van der Waals surface area contributed by atoms with Gasteiger partial charge in [0, 0.05) is 37.2 Å². The van der Waals surface area contributed by atoms with Crippen LogP contribution in [-0.4, -0.2) is 37.4 Å². The minimum absolute atomic E-state index is 0.0191. The molecule has 0 spiro atoms. The summed E-state index contributed by atoms with van der Waals surface area (Å²) in [5.41, 5.74) is 1.92. The van der Waals surface area contributed by atoms with Crippen LogP contribution in [0.2, 0.25) is 0 Å². The van der Waals surface area contributed by atoms with E-state index >= 15 is 0 Å². The molecule has 5 heteroatoms. The van der Waals surface area contributed by atoms with E-state index in [1.807, 2.05) is 25.1 Å². The van der Waals surface area contributed by atoms with Gasteiger partial charge in [0.1, 0.15) is 0 Å². The van der Waals surface area contributed by atoms with E-state index in [4.69, 9.17) is 0 Å². The maximum absolute atomic E-state index is 12.1. The number of nitrogens with zero attached hydrogens (tertiary/aromatic N) is 2. The van der Waals surface area contributed by atoms with Crippen LogP contribution in [0, 0.1) is 12.8 Å². The number of amides is 2. The van der Waals surface area contributed by atoms with Crippen molar-refractivity contribution < 1.29 is 9.59 Å². The highest BCUT2D eigenvalue weighted by Crippen LogP contribution is 2.30. The van der Waals surface area contributed by atoms with Crippen LogP contribution in [0.4, 0.5) is 5.69 Å². The normalized spacial score (nSPS) is 18.8. The van der Waals surface area contributed by atoms with Crippen LogP contribution in [0.15, 0.2) is 22.7 Å². The molecule has 2 rings (SSSR count). The van der Waals surface area contributed by atoms with Crippen LogP contribution in [0.5, 0.6) is 0 Å². The van der Waals surface area contributed by atoms with Gasteiger partial charge in [-0.3, -0.25) is 9.59 Å². The van der Waals surface area contributed by atoms with E-state index in [0.29, 0.717) is 13.0 Å². The van der Waals surface area contributed by atoms with Crippen LogP contribution in [-0.2, 0) is 9.59 Å². The van der Waals surface area contributed by atoms with Crippen molar-refractivity contribution in [2.75, 3.05) is 25.5 Å². The maximum atomic E-state index is 12.1. The number of carbonyl (C=O) groups is 2. The first-order valence-corrected chi connectivity index (χ1v) is 6.97. The molecule has 0 aromatic heterocycles. The number of aryl methyl sites for hydroxylation is 1. The van der Waals surface area contributed by atoms with Crippen molar-refractivity contribution in [2.24, 2.45) is 5.92 Å². The van der Waals surface area contributed by atoms with E-state index in [2.05, 4.69) is 15.9 Å². The third kappa shape index (κ3) is 2.81. The Morgan fingerprint density at radius 2 is 2.11 bits per heavy atom. The van der Waals surface area contributed by atoms with Gasteiger partial charge >= 0.3 is 0 Å². The summed E-state index contributed by atoms with van der Waals surface area (Å²) in [6.45, 7) is 2.44. The Morgan fingerprint density at radius 1 is 1.42 bits per heavy atom. The lowest BCUT2D eigenvalue weighted by Crippen LogP contribution is -2.32. The standard InChI is InChI=1S/C14H17BrN2O2/c1-9-6-11(15)4-5-12(9)17-8-10(7-13(17)18)14(19)16(2)3/h4-6,10H,7-8H2,1-3H3. The first-order valence-electron chi connectivity index (χ1n) is 6.18. The zero-order chi connectivity index (χ0) is 14.2. The van der Waals surface area contributed by atoms with Crippen LogP contribution in [0.3, 0.4) is 0 Å². The third-order valence-electron chi connectivity index (χ3n) is 3.36. The van der Waals surface area contributed by atoms with Crippen molar-refractivity contribution in [3.05, 3.63) is 28.2 Å². The first kappa shape index (κ1) is 14.1. The lowest BCUT2D eigenvalue weighted by Gasteiger charge is -2.20. The number of halogens is 1. The Hall–Kier alpha value is -1.36. The Kier molecular flexibility index (Phi) is 3.94. The molecule has 2 amide bonds. The lowest BCUT2D eigenvalue weighted by atomic mass is 10.1. The van der Waals surface area contributed by atoms with Gasteiger partial charge in [-0.2, -0.15) is 0 Å². The zero-order valence-electron chi connectivity index (χ0n) is 11.3. The summed E-state index contributed by atoms with van der Waals surface area (Å²) >= 11 is 3.41. The molecule has 0 saturated carbocycles. The highest BCUT2D eigenvalue weighted by atomic mass is 79.9. The van der Waals surface area contributed by atoms with Gasteiger partial charge in [-0.05, 0) is 30.7 Å². The highest BCUT2D eigenvalue weighted by molar-refractivity contribution is 9.10. The summed E-state index contributed by atoms with van der Waals surface area (Å²) in [5.74, 6) is -0.193. The van der Waals surface area contributed by atoms with E-state index in [1.165, 1.54) is 0 Å². The molecule has 1 heterocycles. The Labute approximate surface area is 121 Å². The van der Waals surface area contributed by atoms with E-state index < -0.39 is 0 Å². The molecule has 1 aromatic carbocycles. The summed E-state index contributed by atoms with van der Waals surface area (Å²) in [6, 6.07) is 5.81. The van der Waals surface area contributed by atoms with Crippen LogP contribution in [0.25, 0.3) is 0 Å². The largest absolute Gasteiger partial charge is 0.349 e. The van der Waals surface area contributed by atoms with E-state index in [9.17, 15) is 9.59 Å². The number of anilines is 1. The molecular weight excluding hydrogens is 308 g/mol. The average molecular weight is 325 g/mol. The summed E-state index contributed by atoms with van der Waals surface area (Å²) in [4.78, 5) is 27.3. The minimum Gasteiger partial charge on any atom is -0.349 e. The zero-order valence-corrected chi connectivity index (χ0v) is 12.9. The fourth-order valence-electron chi connectivity index (χ4n) is 2.39. The first-order chi connectivity index (χ1) is 8.90. The molecule has 1 saturated heterocycles. The van der Waals surface area contributed by atoms with E-state index in [1.54, 1.807) is 23.9 Å². The van der Waals surface area contributed by atoms with Gasteiger partial charge in [-0.15, -0.1) is 0 Å². The molecule has 1 aromatic rings. The molecule has 1 aliphatic rings. The highest BCUT2D eigenvalue weighted by Gasteiger charge is 2.36.